The van der Waals surface area contributed by atoms with Crippen LogP contribution in [0.4, 0.5) is 5.69 Å². The molecule has 0 saturated carbocycles. The van der Waals surface area contributed by atoms with Gasteiger partial charge >= 0.3 is 0 Å². The molecule has 1 heterocycles. The fourth-order valence-electron chi connectivity index (χ4n) is 2.59. The van der Waals surface area contributed by atoms with E-state index in [0.717, 1.165) is 5.52 Å². The molecule has 4 rings (SSSR count). The van der Waals surface area contributed by atoms with E-state index in [9.17, 15) is 4.79 Å². The molecule has 0 bridgehead atoms. The lowest BCUT2D eigenvalue weighted by molar-refractivity contribution is -0.111. The van der Waals surface area contributed by atoms with Gasteiger partial charge in [0.1, 0.15) is 11.3 Å². The van der Waals surface area contributed by atoms with Gasteiger partial charge in [-0.05, 0) is 36.4 Å². The quantitative estimate of drug-likeness (QED) is 0.429. The van der Waals surface area contributed by atoms with E-state index in [0.29, 0.717) is 33.7 Å². The second kappa shape index (κ2) is 7.98. The molecule has 0 atom stereocenters. The van der Waals surface area contributed by atoms with E-state index in [4.69, 9.17) is 20.8 Å². The zero-order valence-electron chi connectivity index (χ0n) is 14.6. The van der Waals surface area contributed by atoms with E-state index in [1.54, 1.807) is 30.3 Å². The molecule has 0 saturated heterocycles. The number of nitrogens with zero attached hydrogens (tertiary/aromatic N) is 1. The molecular formula is C22H15ClN2O3. The first-order chi connectivity index (χ1) is 13.7. The summed E-state index contributed by atoms with van der Waals surface area (Å²) in [5.41, 5.74) is 1.93. The van der Waals surface area contributed by atoms with Crippen LogP contribution in [0.25, 0.3) is 17.2 Å². The molecule has 1 aromatic heterocycles. The number of fused-ring (bicyclic) bond motifs is 1. The van der Waals surface area contributed by atoms with Gasteiger partial charge in [-0.25, -0.2) is 4.98 Å². The number of hydrogen-bond donors (Lipinski definition) is 1. The molecule has 0 fully saturated rings. The van der Waals surface area contributed by atoms with Crippen LogP contribution in [0.1, 0.15) is 5.89 Å². The van der Waals surface area contributed by atoms with Crippen LogP contribution in [-0.2, 0) is 4.79 Å². The Hall–Kier alpha value is -3.57. The normalized spacial score (nSPS) is 11.0. The van der Waals surface area contributed by atoms with Crippen LogP contribution in [0.3, 0.4) is 0 Å². The van der Waals surface area contributed by atoms with E-state index in [1.165, 1.54) is 12.2 Å². The van der Waals surface area contributed by atoms with Crippen molar-refractivity contribution in [1.29, 1.82) is 0 Å². The number of nitrogens with one attached hydrogen (secondary N) is 1. The lowest BCUT2D eigenvalue weighted by Gasteiger charge is -2.12. The highest BCUT2D eigenvalue weighted by Crippen LogP contribution is 2.33. The molecule has 0 aliphatic heterocycles. The van der Waals surface area contributed by atoms with Gasteiger partial charge in [-0.1, -0.05) is 48.0 Å². The number of oxazole rings is 1. The first kappa shape index (κ1) is 17.8. The largest absolute Gasteiger partial charge is 0.454 e. The van der Waals surface area contributed by atoms with Gasteiger partial charge in [-0.2, -0.15) is 0 Å². The number of para-hydroxylation sites is 5. The number of ether oxygens (including phenoxy) is 1. The van der Waals surface area contributed by atoms with Crippen molar-refractivity contribution in [3.05, 3.63) is 89.8 Å². The standard InChI is InChI=1S/C22H15ClN2O3/c23-15-7-1-4-10-18(15)27-19-11-5-2-8-16(19)24-21(26)13-14-22-25-17-9-3-6-12-20(17)28-22/h1-14H,(H,24,26). The smallest absolute Gasteiger partial charge is 0.248 e. The molecule has 138 valence electrons. The number of rotatable bonds is 5. The van der Waals surface area contributed by atoms with Gasteiger partial charge in [-0.15, -0.1) is 0 Å². The maximum Gasteiger partial charge on any atom is 0.248 e. The lowest BCUT2D eigenvalue weighted by Crippen LogP contribution is -2.08. The third kappa shape index (κ3) is 4.05. The number of halogens is 1. The number of hydrogen-bond acceptors (Lipinski definition) is 4. The highest BCUT2D eigenvalue weighted by atomic mass is 35.5. The summed E-state index contributed by atoms with van der Waals surface area (Å²) in [7, 11) is 0. The second-order valence-corrected chi connectivity index (χ2v) is 6.28. The third-order valence-corrected chi connectivity index (χ3v) is 4.20. The van der Waals surface area contributed by atoms with Gasteiger partial charge in [0.2, 0.25) is 11.8 Å². The first-order valence-electron chi connectivity index (χ1n) is 8.55. The van der Waals surface area contributed by atoms with Gasteiger partial charge in [0, 0.05) is 12.2 Å². The van der Waals surface area contributed by atoms with Gasteiger partial charge in [0.15, 0.2) is 11.3 Å². The van der Waals surface area contributed by atoms with Crippen molar-refractivity contribution in [2.75, 3.05) is 5.32 Å². The van der Waals surface area contributed by atoms with Gasteiger partial charge in [0.05, 0.1) is 10.7 Å². The number of carbonyl (C=O) groups is 1. The number of benzene rings is 3. The minimum atomic E-state index is -0.336. The molecule has 0 aliphatic rings. The fraction of sp³-hybridized carbons (Fsp3) is 0. The van der Waals surface area contributed by atoms with Crippen LogP contribution < -0.4 is 10.1 Å². The van der Waals surface area contributed by atoms with Crippen LogP contribution in [0.5, 0.6) is 11.5 Å². The van der Waals surface area contributed by atoms with Crippen LogP contribution in [0.2, 0.25) is 5.02 Å². The molecule has 0 aliphatic carbocycles. The highest BCUT2D eigenvalue weighted by Gasteiger charge is 2.09. The van der Waals surface area contributed by atoms with Gasteiger partial charge in [-0.3, -0.25) is 4.79 Å². The molecule has 0 spiro atoms. The van der Waals surface area contributed by atoms with Gasteiger partial charge in [0.25, 0.3) is 0 Å². The van der Waals surface area contributed by atoms with Crippen molar-refractivity contribution in [2.45, 2.75) is 0 Å². The Morgan fingerprint density at radius 1 is 0.964 bits per heavy atom. The summed E-state index contributed by atoms with van der Waals surface area (Å²) in [5.74, 6) is 1.02. The topological polar surface area (TPSA) is 64.4 Å². The Kier molecular flexibility index (Phi) is 5.08. The van der Waals surface area contributed by atoms with Gasteiger partial charge < -0.3 is 14.5 Å². The lowest BCUT2D eigenvalue weighted by atomic mass is 10.2. The second-order valence-electron chi connectivity index (χ2n) is 5.87. The summed E-state index contributed by atoms with van der Waals surface area (Å²) in [6.07, 6.45) is 2.88. The molecular weight excluding hydrogens is 376 g/mol. The van der Waals surface area contributed by atoms with Crippen molar-refractivity contribution in [3.8, 4) is 11.5 Å². The van der Waals surface area contributed by atoms with Crippen molar-refractivity contribution < 1.29 is 13.9 Å². The van der Waals surface area contributed by atoms with E-state index in [-0.39, 0.29) is 5.91 Å². The van der Waals surface area contributed by atoms with Crippen LogP contribution in [0, 0.1) is 0 Å². The number of aromatic nitrogens is 1. The summed E-state index contributed by atoms with van der Waals surface area (Å²) in [6, 6.07) is 21.7. The predicted molar refractivity (Wildman–Crippen MR) is 110 cm³/mol. The Morgan fingerprint density at radius 2 is 1.68 bits per heavy atom. The summed E-state index contributed by atoms with van der Waals surface area (Å²) in [5, 5.41) is 3.28. The maximum absolute atomic E-state index is 12.3. The van der Waals surface area contributed by atoms with Crippen LogP contribution in [-0.4, -0.2) is 10.9 Å². The number of carbonyl (C=O) groups excluding carboxylic acids is 1. The van der Waals surface area contributed by atoms with Crippen LogP contribution in [0.15, 0.2) is 83.3 Å². The molecule has 0 unspecified atom stereocenters. The molecule has 4 aromatic rings. The number of amides is 1. The van der Waals surface area contributed by atoms with E-state index >= 15 is 0 Å². The minimum Gasteiger partial charge on any atom is -0.454 e. The molecule has 1 amide bonds. The van der Waals surface area contributed by atoms with E-state index in [2.05, 4.69) is 10.3 Å². The minimum absolute atomic E-state index is 0.336. The molecule has 0 radical (unpaired) electrons. The summed E-state index contributed by atoms with van der Waals surface area (Å²) < 4.78 is 11.4. The van der Waals surface area contributed by atoms with Crippen molar-refractivity contribution in [1.82, 2.24) is 4.98 Å². The van der Waals surface area contributed by atoms with Crippen molar-refractivity contribution >= 4 is 40.4 Å². The summed E-state index contributed by atoms with van der Waals surface area (Å²) in [6.45, 7) is 0. The Labute approximate surface area is 166 Å². The predicted octanol–water partition coefficient (Wildman–Crippen LogP) is 5.93. The maximum atomic E-state index is 12.3. The molecule has 6 heteroatoms. The number of anilines is 1. The zero-order chi connectivity index (χ0) is 19.3. The third-order valence-electron chi connectivity index (χ3n) is 3.89. The molecule has 28 heavy (non-hydrogen) atoms. The zero-order valence-corrected chi connectivity index (χ0v) is 15.4. The summed E-state index contributed by atoms with van der Waals surface area (Å²) in [4.78, 5) is 16.6. The Bertz CT molecular complexity index is 1130. The summed E-state index contributed by atoms with van der Waals surface area (Å²) >= 11 is 6.14. The Balaban J connectivity index is 1.49. The monoisotopic (exact) mass is 390 g/mol. The molecule has 1 N–H and O–H groups in total. The average Bonchev–Trinajstić information content (AvgIpc) is 3.13. The highest BCUT2D eigenvalue weighted by molar-refractivity contribution is 6.32. The van der Waals surface area contributed by atoms with E-state index < -0.39 is 0 Å². The first-order valence-corrected chi connectivity index (χ1v) is 8.93. The van der Waals surface area contributed by atoms with Crippen molar-refractivity contribution in [3.63, 3.8) is 0 Å². The molecule has 3 aromatic carbocycles. The fourth-order valence-corrected chi connectivity index (χ4v) is 2.76. The van der Waals surface area contributed by atoms with E-state index in [1.807, 2.05) is 42.5 Å². The SMILES string of the molecule is O=C(C=Cc1nc2ccccc2o1)Nc1ccccc1Oc1ccccc1Cl. The van der Waals surface area contributed by atoms with Crippen LogP contribution >= 0.6 is 11.6 Å². The van der Waals surface area contributed by atoms with Crippen molar-refractivity contribution in [2.24, 2.45) is 0 Å². The Morgan fingerprint density at radius 3 is 2.50 bits per heavy atom. The molecule has 5 nitrogen and oxygen atoms in total. The average molecular weight is 391 g/mol.